The van der Waals surface area contributed by atoms with Crippen molar-refractivity contribution in [3.8, 4) is 5.69 Å². The SMILES string of the molecule is CCc1ccc(N2C(=S)N[C@H](c3ccccn3)[C@@H]2c2cccn2-c2cccc([N+](=O)[O-])c2)cc1. The predicted octanol–water partition coefficient (Wildman–Crippen LogP) is 5.52. The van der Waals surface area contributed by atoms with Crippen LogP contribution in [0.2, 0.25) is 0 Å². The monoisotopic (exact) mass is 469 g/mol. The molecule has 4 aromatic rings. The molecule has 0 aliphatic carbocycles. The van der Waals surface area contributed by atoms with Crippen molar-refractivity contribution in [2.45, 2.75) is 25.4 Å². The van der Waals surface area contributed by atoms with Crippen LogP contribution in [-0.2, 0) is 6.42 Å². The van der Waals surface area contributed by atoms with E-state index in [0.717, 1.165) is 23.5 Å². The van der Waals surface area contributed by atoms with Crippen molar-refractivity contribution in [3.63, 3.8) is 0 Å². The first-order valence-corrected chi connectivity index (χ1v) is 11.5. The van der Waals surface area contributed by atoms with Crippen LogP contribution < -0.4 is 10.2 Å². The van der Waals surface area contributed by atoms with Gasteiger partial charge in [0, 0.05) is 35.9 Å². The summed E-state index contributed by atoms with van der Waals surface area (Å²) >= 11 is 5.82. The van der Waals surface area contributed by atoms with E-state index in [0.29, 0.717) is 10.8 Å². The number of aromatic nitrogens is 2. The molecular weight excluding hydrogens is 446 g/mol. The van der Waals surface area contributed by atoms with Gasteiger partial charge in [-0.2, -0.15) is 0 Å². The molecule has 1 saturated heterocycles. The van der Waals surface area contributed by atoms with Crippen LogP contribution in [0.5, 0.6) is 0 Å². The molecule has 1 aliphatic rings. The zero-order chi connectivity index (χ0) is 23.7. The van der Waals surface area contributed by atoms with Gasteiger partial charge in [0.1, 0.15) is 6.04 Å². The van der Waals surface area contributed by atoms with Crippen LogP contribution in [0.25, 0.3) is 5.69 Å². The summed E-state index contributed by atoms with van der Waals surface area (Å²) in [5.74, 6) is 0. The molecule has 7 nitrogen and oxygen atoms in total. The zero-order valence-electron chi connectivity index (χ0n) is 18.5. The normalized spacial score (nSPS) is 17.6. The van der Waals surface area contributed by atoms with Crippen LogP contribution in [0.4, 0.5) is 11.4 Å². The van der Waals surface area contributed by atoms with Crippen LogP contribution in [0.1, 0.15) is 36.0 Å². The number of hydrogen-bond donors (Lipinski definition) is 1. The smallest absolute Gasteiger partial charge is 0.271 e. The summed E-state index contributed by atoms with van der Waals surface area (Å²) in [5, 5.41) is 15.5. The number of thiocarbonyl (C=S) groups is 1. The lowest BCUT2D eigenvalue weighted by atomic mass is 10.0. The molecule has 1 N–H and O–H groups in total. The summed E-state index contributed by atoms with van der Waals surface area (Å²) in [4.78, 5) is 17.7. The molecule has 0 unspecified atom stereocenters. The Morgan fingerprint density at radius 3 is 2.56 bits per heavy atom. The second-order valence-corrected chi connectivity index (χ2v) is 8.48. The molecule has 34 heavy (non-hydrogen) atoms. The lowest BCUT2D eigenvalue weighted by Crippen LogP contribution is -2.30. The van der Waals surface area contributed by atoms with Crippen molar-refractivity contribution in [1.82, 2.24) is 14.9 Å². The van der Waals surface area contributed by atoms with Crippen molar-refractivity contribution in [3.05, 3.63) is 118 Å². The third kappa shape index (κ3) is 3.92. The van der Waals surface area contributed by atoms with E-state index >= 15 is 0 Å². The highest BCUT2D eigenvalue weighted by molar-refractivity contribution is 7.80. The number of anilines is 1. The largest absolute Gasteiger partial charge is 0.351 e. The fourth-order valence-corrected chi connectivity index (χ4v) is 4.80. The zero-order valence-corrected chi connectivity index (χ0v) is 19.4. The molecule has 0 radical (unpaired) electrons. The minimum absolute atomic E-state index is 0.0468. The average Bonchev–Trinajstić information content (AvgIpc) is 3.49. The number of nitro groups is 1. The van der Waals surface area contributed by atoms with Gasteiger partial charge in [0.15, 0.2) is 5.11 Å². The molecule has 170 valence electrons. The highest BCUT2D eigenvalue weighted by atomic mass is 32.1. The summed E-state index contributed by atoms with van der Waals surface area (Å²) in [6.07, 6.45) is 4.65. The van der Waals surface area contributed by atoms with Gasteiger partial charge in [-0.05, 0) is 66.7 Å². The first-order valence-electron chi connectivity index (χ1n) is 11.1. The van der Waals surface area contributed by atoms with Gasteiger partial charge in [-0.1, -0.05) is 31.2 Å². The highest BCUT2D eigenvalue weighted by Gasteiger charge is 2.42. The van der Waals surface area contributed by atoms with E-state index in [2.05, 4.69) is 46.4 Å². The molecule has 0 saturated carbocycles. The molecule has 2 atom stereocenters. The molecule has 5 rings (SSSR count). The Hall–Kier alpha value is -4.04. The minimum Gasteiger partial charge on any atom is -0.351 e. The Balaban J connectivity index is 1.65. The summed E-state index contributed by atoms with van der Waals surface area (Å²) < 4.78 is 1.98. The average molecular weight is 470 g/mol. The van der Waals surface area contributed by atoms with Gasteiger partial charge in [-0.15, -0.1) is 0 Å². The Labute approximate surface area is 202 Å². The van der Waals surface area contributed by atoms with Crippen LogP contribution in [-0.4, -0.2) is 19.6 Å². The fourth-order valence-electron chi connectivity index (χ4n) is 4.45. The van der Waals surface area contributed by atoms with Gasteiger partial charge in [-0.25, -0.2) is 0 Å². The third-order valence-corrected chi connectivity index (χ3v) is 6.44. The number of nitrogens with zero attached hydrogens (tertiary/aromatic N) is 4. The maximum Gasteiger partial charge on any atom is 0.271 e. The molecule has 0 bridgehead atoms. The van der Waals surface area contributed by atoms with Crippen LogP contribution in [0.15, 0.2) is 91.3 Å². The minimum atomic E-state index is -0.378. The summed E-state index contributed by atoms with van der Waals surface area (Å²) in [6.45, 7) is 2.13. The van der Waals surface area contributed by atoms with Crippen molar-refractivity contribution in [2.75, 3.05) is 4.90 Å². The summed E-state index contributed by atoms with van der Waals surface area (Å²) in [5.41, 5.74) is 4.81. The third-order valence-electron chi connectivity index (χ3n) is 6.12. The van der Waals surface area contributed by atoms with Crippen LogP contribution in [0, 0.1) is 10.1 Å². The Kier molecular flexibility index (Phi) is 5.81. The molecule has 1 aliphatic heterocycles. The first-order chi connectivity index (χ1) is 16.6. The highest BCUT2D eigenvalue weighted by Crippen LogP contribution is 2.42. The maximum absolute atomic E-state index is 11.4. The number of hydrogen-bond acceptors (Lipinski definition) is 4. The van der Waals surface area contributed by atoms with Gasteiger partial charge in [0.25, 0.3) is 5.69 Å². The number of non-ortho nitro benzene ring substituents is 1. The van der Waals surface area contributed by atoms with E-state index in [4.69, 9.17) is 12.2 Å². The molecule has 2 aromatic carbocycles. The molecular formula is C26H23N5O2S. The van der Waals surface area contributed by atoms with E-state index in [-0.39, 0.29) is 22.7 Å². The number of pyridine rings is 1. The Morgan fingerprint density at radius 1 is 1.03 bits per heavy atom. The van der Waals surface area contributed by atoms with E-state index in [1.165, 1.54) is 11.6 Å². The van der Waals surface area contributed by atoms with Gasteiger partial charge in [-0.3, -0.25) is 15.1 Å². The Morgan fingerprint density at radius 2 is 1.85 bits per heavy atom. The molecule has 0 spiro atoms. The second kappa shape index (κ2) is 9.07. The van der Waals surface area contributed by atoms with Gasteiger partial charge < -0.3 is 14.8 Å². The van der Waals surface area contributed by atoms with Crippen LogP contribution >= 0.6 is 12.2 Å². The maximum atomic E-state index is 11.4. The second-order valence-electron chi connectivity index (χ2n) is 8.10. The lowest BCUT2D eigenvalue weighted by Gasteiger charge is -2.29. The topological polar surface area (TPSA) is 76.2 Å². The molecule has 3 heterocycles. The van der Waals surface area contributed by atoms with Gasteiger partial charge in [0.2, 0.25) is 0 Å². The molecule has 0 amide bonds. The summed E-state index contributed by atoms with van der Waals surface area (Å²) in [7, 11) is 0. The molecule has 8 heteroatoms. The molecule has 1 fully saturated rings. The van der Waals surface area contributed by atoms with Gasteiger partial charge >= 0.3 is 0 Å². The van der Waals surface area contributed by atoms with E-state index < -0.39 is 0 Å². The number of nitro benzene ring substituents is 1. The summed E-state index contributed by atoms with van der Waals surface area (Å²) in [6, 6.07) is 24.4. The quantitative estimate of drug-likeness (QED) is 0.228. The number of nitrogens with one attached hydrogen (secondary N) is 1. The number of benzene rings is 2. The van der Waals surface area contributed by atoms with Crippen molar-refractivity contribution in [1.29, 1.82) is 0 Å². The van der Waals surface area contributed by atoms with Crippen LogP contribution in [0.3, 0.4) is 0 Å². The number of aryl methyl sites for hydroxylation is 1. The Bertz CT molecular complexity index is 1340. The lowest BCUT2D eigenvalue weighted by molar-refractivity contribution is -0.384. The van der Waals surface area contributed by atoms with Crippen molar-refractivity contribution < 1.29 is 4.92 Å². The predicted molar refractivity (Wildman–Crippen MR) is 136 cm³/mol. The van der Waals surface area contributed by atoms with E-state index in [1.54, 1.807) is 18.3 Å². The van der Waals surface area contributed by atoms with Crippen molar-refractivity contribution in [2.24, 2.45) is 0 Å². The fraction of sp³-hybridized carbons (Fsp3) is 0.154. The van der Waals surface area contributed by atoms with E-state index in [1.807, 2.05) is 47.2 Å². The van der Waals surface area contributed by atoms with E-state index in [9.17, 15) is 10.1 Å². The molecule has 2 aromatic heterocycles. The first kappa shape index (κ1) is 21.8. The van der Waals surface area contributed by atoms with Crippen molar-refractivity contribution >= 4 is 28.7 Å². The standard InChI is InChI=1S/C26H23N5O2S/c1-2-18-11-13-19(14-12-18)30-25(24(28-26(30)34)22-9-3-4-15-27-22)23-10-6-16-29(23)20-7-5-8-21(17-20)31(32)33/h3-17,24-25H,2H2,1H3,(H,28,34)/t24-,25+/m1/s1. The van der Waals surface area contributed by atoms with Gasteiger partial charge in [0.05, 0.1) is 22.3 Å². The number of rotatable bonds is 6.